The molecule has 0 saturated carbocycles. The third-order valence-electron chi connectivity index (χ3n) is 4.26. The third-order valence-corrected chi connectivity index (χ3v) is 4.26. The molecule has 2 aromatic heterocycles. The number of benzene rings is 2. The Labute approximate surface area is 162 Å². The van der Waals surface area contributed by atoms with Crippen molar-refractivity contribution in [1.29, 1.82) is 0 Å². The van der Waals surface area contributed by atoms with Crippen molar-refractivity contribution in [2.24, 2.45) is 0 Å². The minimum Gasteiger partial charge on any atom is -0.347 e. The Morgan fingerprint density at radius 3 is 2.64 bits per heavy atom. The van der Waals surface area contributed by atoms with E-state index in [-0.39, 0.29) is 5.91 Å². The minimum atomic E-state index is -0.242. The summed E-state index contributed by atoms with van der Waals surface area (Å²) in [6.45, 7) is 2.21. The Bertz CT molecular complexity index is 1120. The van der Waals surface area contributed by atoms with Crippen LogP contribution in [0.25, 0.3) is 10.9 Å². The van der Waals surface area contributed by atoms with Gasteiger partial charge >= 0.3 is 0 Å². The van der Waals surface area contributed by atoms with Gasteiger partial charge < -0.3 is 10.6 Å². The number of hydrogen-bond acceptors (Lipinski definition) is 5. The van der Waals surface area contributed by atoms with Crippen LogP contribution < -0.4 is 10.6 Å². The molecular weight excluding hydrogens is 350 g/mol. The summed E-state index contributed by atoms with van der Waals surface area (Å²) in [6.07, 6.45) is 1.75. The Morgan fingerprint density at radius 1 is 0.964 bits per heavy atom. The second-order valence-corrected chi connectivity index (χ2v) is 6.36. The quantitative estimate of drug-likeness (QED) is 0.556. The molecule has 0 atom stereocenters. The summed E-state index contributed by atoms with van der Waals surface area (Å²) < 4.78 is 0. The number of nitrogens with zero attached hydrogens (tertiary/aromatic N) is 3. The van der Waals surface area contributed by atoms with Crippen molar-refractivity contribution in [2.75, 3.05) is 5.32 Å². The Hall–Kier alpha value is -3.80. The normalized spacial score (nSPS) is 10.6. The van der Waals surface area contributed by atoms with Gasteiger partial charge in [-0.25, -0.2) is 9.97 Å². The number of aryl methyl sites for hydroxylation is 1. The van der Waals surface area contributed by atoms with E-state index in [0.29, 0.717) is 23.9 Å². The molecule has 0 aliphatic heterocycles. The summed E-state index contributed by atoms with van der Waals surface area (Å²) in [6, 6.07) is 21.2. The first-order chi connectivity index (χ1) is 13.7. The van der Waals surface area contributed by atoms with Gasteiger partial charge in [0, 0.05) is 24.2 Å². The molecule has 0 radical (unpaired) electrons. The summed E-state index contributed by atoms with van der Waals surface area (Å²) in [7, 11) is 0. The smallest absolute Gasteiger partial charge is 0.270 e. The zero-order valence-electron chi connectivity index (χ0n) is 15.4. The van der Waals surface area contributed by atoms with E-state index >= 15 is 0 Å². The van der Waals surface area contributed by atoms with Gasteiger partial charge in [0.25, 0.3) is 5.91 Å². The zero-order chi connectivity index (χ0) is 19.3. The maximum absolute atomic E-state index is 12.5. The molecule has 6 nitrogen and oxygen atoms in total. The Morgan fingerprint density at radius 2 is 1.79 bits per heavy atom. The van der Waals surface area contributed by atoms with Gasteiger partial charge in [0.05, 0.1) is 11.2 Å². The van der Waals surface area contributed by atoms with Crippen LogP contribution in [0.1, 0.15) is 21.9 Å². The van der Waals surface area contributed by atoms with E-state index in [9.17, 15) is 4.79 Å². The van der Waals surface area contributed by atoms with E-state index in [1.165, 1.54) is 0 Å². The summed E-state index contributed by atoms with van der Waals surface area (Å²) in [4.78, 5) is 25.7. The average Bonchev–Trinajstić information content (AvgIpc) is 2.72. The lowest BCUT2D eigenvalue weighted by atomic mass is 10.2. The Kier molecular flexibility index (Phi) is 4.93. The first-order valence-electron chi connectivity index (χ1n) is 8.97. The highest BCUT2D eigenvalue weighted by Gasteiger charge is 2.11. The molecule has 28 heavy (non-hydrogen) atoms. The zero-order valence-corrected chi connectivity index (χ0v) is 15.4. The second kappa shape index (κ2) is 7.84. The molecule has 1 amide bonds. The molecule has 0 spiro atoms. The molecule has 0 aliphatic rings. The number of nitrogens with one attached hydrogen (secondary N) is 2. The van der Waals surface area contributed by atoms with Crippen LogP contribution in [0.15, 0.2) is 72.9 Å². The molecule has 2 heterocycles. The van der Waals surface area contributed by atoms with Gasteiger partial charge in [-0.2, -0.15) is 0 Å². The fourth-order valence-corrected chi connectivity index (χ4v) is 2.96. The van der Waals surface area contributed by atoms with E-state index in [4.69, 9.17) is 0 Å². The third kappa shape index (κ3) is 3.96. The number of para-hydroxylation sites is 1. The first-order valence-corrected chi connectivity index (χ1v) is 8.97. The Balaban J connectivity index is 1.56. The number of amides is 1. The van der Waals surface area contributed by atoms with Crippen molar-refractivity contribution in [3.05, 3.63) is 90.0 Å². The number of anilines is 2. The second-order valence-electron chi connectivity index (χ2n) is 6.36. The van der Waals surface area contributed by atoms with Gasteiger partial charge in [0.1, 0.15) is 17.3 Å². The van der Waals surface area contributed by atoms with Crippen LogP contribution in [-0.4, -0.2) is 20.9 Å². The maximum atomic E-state index is 12.5. The number of hydrogen-bond donors (Lipinski definition) is 2. The molecule has 0 bridgehead atoms. The molecule has 0 unspecified atom stereocenters. The standard InChI is InChI=1S/C22H19N5O/c1-15-25-19(22(28)24-14-16-7-3-2-4-8-16)13-20(26-15)27-18-11-5-9-17-10-6-12-23-21(17)18/h2-13H,14H2,1H3,(H,24,28)(H,25,26,27). The van der Waals surface area contributed by atoms with Crippen LogP contribution in [-0.2, 0) is 6.54 Å². The largest absolute Gasteiger partial charge is 0.347 e. The lowest BCUT2D eigenvalue weighted by molar-refractivity contribution is 0.0945. The van der Waals surface area contributed by atoms with Crippen LogP contribution >= 0.6 is 0 Å². The van der Waals surface area contributed by atoms with E-state index in [2.05, 4.69) is 25.6 Å². The van der Waals surface area contributed by atoms with Crippen molar-refractivity contribution in [1.82, 2.24) is 20.3 Å². The lowest BCUT2D eigenvalue weighted by Gasteiger charge is -2.11. The lowest BCUT2D eigenvalue weighted by Crippen LogP contribution is -2.24. The first kappa shape index (κ1) is 17.6. The topological polar surface area (TPSA) is 79.8 Å². The van der Waals surface area contributed by atoms with Crippen LogP contribution in [0.4, 0.5) is 11.5 Å². The van der Waals surface area contributed by atoms with Crippen LogP contribution in [0.2, 0.25) is 0 Å². The molecule has 0 aliphatic carbocycles. The van der Waals surface area contributed by atoms with Crippen molar-refractivity contribution in [3.8, 4) is 0 Å². The van der Waals surface area contributed by atoms with E-state index in [1.807, 2.05) is 60.7 Å². The maximum Gasteiger partial charge on any atom is 0.270 e. The fourth-order valence-electron chi connectivity index (χ4n) is 2.96. The van der Waals surface area contributed by atoms with Gasteiger partial charge in [-0.05, 0) is 24.6 Å². The van der Waals surface area contributed by atoms with Crippen LogP contribution in [0, 0.1) is 6.92 Å². The number of carbonyl (C=O) groups excluding carboxylic acids is 1. The summed E-state index contributed by atoms with van der Waals surface area (Å²) >= 11 is 0. The number of carbonyl (C=O) groups is 1. The SMILES string of the molecule is Cc1nc(Nc2cccc3cccnc23)cc(C(=O)NCc2ccccc2)n1. The molecular formula is C22H19N5O. The number of pyridine rings is 1. The molecule has 2 N–H and O–H groups in total. The van der Waals surface area contributed by atoms with E-state index in [0.717, 1.165) is 22.2 Å². The number of rotatable bonds is 5. The highest BCUT2D eigenvalue weighted by molar-refractivity contribution is 5.94. The number of aromatic nitrogens is 3. The van der Waals surface area contributed by atoms with E-state index in [1.54, 1.807) is 19.2 Å². The molecule has 138 valence electrons. The predicted molar refractivity (Wildman–Crippen MR) is 109 cm³/mol. The fraction of sp³-hybridized carbons (Fsp3) is 0.0909. The summed E-state index contributed by atoms with van der Waals surface area (Å²) in [5.41, 5.74) is 3.02. The molecule has 0 saturated heterocycles. The van der Waals surface area contributed by atoms with Crippen molar-refractivity contribution >= 4 is 28.3 Å². The summed E-state index contributed by atoms with van der Waals surface area (Å²) in [5.74, 6) is 0.826. The monoisotopic (exact) mass is 369 g/mol. The van der Waals surface area contributed by atoms with Crippen molar-refractivity contribution in [3.63, 3.8) is 0 Å². The average molecular weight is 369 g/mol. The molecule has 4 rings (SSSR count). The van der Waals surface area contributed by atoms with Crippen molar-refractivity contribution in [2.45, 2.75) is 13.5 Å². The number of fused-ring (bicyclic) bond motifs is 1. The van der Waals surface area contributed by atoms with Crippen LogP contribution in [0.3, 0.4) is 0 Å². The molecule has 4 aromatic rings. The van der Waals surface area contributed by atoms with Gasteiger partial charge in [-0.15, -0.1) is 0 Å². The highest BCUT2D eigenvalue weighted by Crippen LogP contribution is 2.24. The van der Waals surface area contributed by atoms with Crippen molar-refractivity contribution < 1.29 is 4.79 Å². The van der Waals surface area contributed by atoms with Gasteiger partial charge in [-0.1, -0.05) is 48.5 Å². The van der Waals surface area contributed by atoms with Gasteiger partial charge in [-0.3, -0.25) is 9.78 Å². The van der Waals surface area contributed by atoms with Gasteiger partial charge in [0.15, 0.2) is 0 Å². The minimum absolute atomic E-state index is 0.242. The molecule has 2 aromatic carbocycles. The molecule has 6 heteroatoms. The predicted octanol–water partition coefficient (Wildman–Crippen LogP) is 4.01. The molecule has 0 fully saturated rings. The van der Waals surface area contributed by atoms with Gasteiger partial charge in [0.2, 0.25) is 0 Å². The van der Waals surface area contributed by atoms with Crippen LogP contribution in [0.5, 0.6) is 0 Å². The summed E-state index contributed by atoms with van der Waals surface area (Å²) in [5, 5.41) is 7.18. The highest BCUT2D eigenvalue weighted by atomic mass is 16.1. The van der Waals surface area contributed by atoms with E-state index < -0.39 is 0 Å².